The van der Waals surface area contributed by atoms with Gasteiger partial charge in [-0.05, 0) is 48.5 Å². The molecule has 140 valence electrons. The first kappa shape index (κ1) is 19.2. The molecule has 1 aliphatic heterocycles. The molecular formula is C20H10Cl2FNO2S2. The van der Waals surface area contributed by atoms with E-state index in [1.807, 2.05) is 0 Å². The number of carbonyl (C=O) groups is 1. The molecule has 0 bridgehead atoms. The van der Waals surface area contributed by atoms with Gasteiger partial charge in [-0.2, -0.15) is 0 Å². The Hall–Kier alpha value is -2.12. The van der Waals surface area contributed by atoms with Crippen molar-refractivity contribution in [1.82, 2.24) is 0 Å². The number of rotatable bonds is 3. The fraction of sp³-hybridized carbons (Fsp3) is 0. The average Bonchev–Trinajstić information content (AvgIpc) is 3.22. The summed E-state index contributed by atoms with van der Waals surface area (Å²) >= 11 is 18.4. The summed E-state index contributed by atoms with van der Waals surface area (Å²) in [6.45, 7) is 0. The molecule has 0 atom stereocenters. The molecule has 0 aliphatic carbocycles. The van der Waals surface area contributed by atoms with Crippen LogP contribution in [0.25, 0.3) is 17.4 Å². The van der Waals surface area contributed by atoms with Gasteiger partial charge in [0.1, 0.15) is 17.3 Å². The lowest BCUT2D eigenvalue weighted by Gasteiger charge is -2.14. The third kappa shape index (κ3) is 3.73. The topological polar surface area (TPSA) is 33.5 Å². The van der Waals surface area contributed by atoms with Crippen molar-refractivity contribution in [3.05, 3.63) is 81.1 Å². The van der Waals surface area contributed by atoms with E-state index in [0.29, 0.717) is 37.0 Å². The van der Waals surface area contributed by atoms with Gasteiger partial charge in [-0.1, -0.05) is 53.2 Å². The first-order valence-corrected chi connectivity index (χ1v) is 9.99. The van der Waals surface area contributed by atoms with Gasteiger partial charge in [-0.15, -0.1) is 0 Å². The molecule has 0 unspecified atom stereocenters. The molecule has 8 heteroatoms. The number of halogens is 3. The number of hydrogen-bond acceptors (Lipinski definition) is 4. The van der Waals surface area contributed by atoms with Crippen LogP contribution in [0.1, 0.15) is 5.76 Å². The summed E-state index contributed by atoms with van der Waals surface area (Å²) in [5, 5.41) is 0.530. The Morgan fingerprint density at radius 1 is 1.11 bits per heavy atom. The van der Waals surface area contributed by atoms with Gasteiger partial charge in [-0.25, -0.2) is 4.39 Å². The van der Waals surface area contributed by atoms with Gasteiger partial charge in [0.25, 0.3) is 5.91 Å². The van der Waals surface area contributed by atoms with Crippen LogP contribution in [0.2, 0.25) is 10.0 Å². The molecule has 0 saturated carbocycles. The van der Waals surface area contributed by atoms with Crippen LogP contribution < -0.4 is 4.90 Å². The predicted octanol–water partition coefficient (Wildman–Crippen LogP) is 6.80. The Morgan fingerprint density at radius 3 is 2.68 bits per heavy atom. The van der Waals surface area contributed by atoms with Crippen LogP contribution in [0.5, 0.6) is 0 Å². The van der Waals surface area contributed by atoms with Crippen molar-refractivity contribution in [2.75, 3.05) is 4.90 Å². The lowest BCUT2D eigenvalue weighted by Crippen LogP contribution is -2.27. The second kappa shape index (κ2) is 7.72. The fourth-order valence-corrected chi connectivity index (χ4v) is 4.31. The smallest absolute Gasteiger partial charge is 0.270 e. The second-order valence-corrected chi connectivity index (χ2v) is 8.35. The Balaban J connectivity index is 1.61. The maximum Gasteiger partial charge on any atom is 0.270 e. The maximum atomic E-state index is 13.3. The number of carbonyl (C=O) groups excluding carboxylic acids is 1. The summed E-state index contributed by atoms with van der Waals surface area (Å²) in [6.07, 6.45) is 1.62. The van der Waals surface area contributed by atoms with E-state index in [-0.39, 0.29) is 10.9 Å². The minimum Gasteiger partial charge on any atom is -0.457 e. The summed E-state index contributed by atoms with van der Waals surface area (Å²) in [5.74, 6) is 0.238. The molecule has 4 rings (SSSR count). The van der Waals surface area contributed by atoms with Crippen molar-refractivity contribution >= 4 is 69.2 Å². The Bertz CT molecular complexity index is 1140. The van der Waals surface area contributed by atoms with E-state index in [0.717, 1.165) is 0 Å². The highest BCUT2D eigenvalue weighted by atomic mass is 35.5. The van der Waals surface area contributed by atoms with Gasteiger partial charge in [0, 0.05) is 16.7 Å². The van der Waals surface area contributed by atoms with Crippen molar-refractivity contribution in [2.45, 2.75) is 0 Å². The van der Waals surface area contributed by atoms with Crippen LogP contribution in [0.15, 0.2) is 63.9 Å². The lowest BCUT2D eigenvalue weighted by atomic mass is 10.2. The average molecular weight is 450 g/mol. The lowest BCUT2D eigenvalue weighted by molar-refractivity contribution is -0.113. The highest BCUT2D eigenvalue weighted by Crippen LogP contribution is 2.37. The molecule has 0 spiro atoms. The summed E-state index contributed by atoms with van der Waals surface area (Å²) < 4.78 is 19.5. The van der Waals surface area contributed by atoms with Gasteiger partial charge in [0.15, 0.2) is 4.32 Å². The van der Waals surface area contributed by atoms with Crippen LogP contribution in [-0.4, -0.2) is 10.2 Å². The van der Waals surface area contributed by atoms with Gasteiger partial charge in [0.05, 0.1) is 15.6 Å². The first-order chi connectivity index (χ1) is 13.4. The first-order valence-electron chi connectivity index (χ1n) is 8.01. The van der Waals surface area contributed by atoms with Crippen LogP contribution in [-0.2, 0) is 4.79 Å². The zero-order chi connectivity index (χ0) is 19.8. The SMILES string of the molecule is O=C1/C(=C\c2ccc(-c3ccc(F)c(Cl)c3)o2)SC(=S)N1c1cccc(Cl)c1. The van der Waals surface area contributed by atoms with Crippen LogP contribution in [0.3, 0.4) is 0 Å². The van der Waals surface area contributed by atoms with E-state index in [1.54, 1.807) is 48.5 Å². The number of nitrogens with zero attached hydrogens (tertiary/aromatic N) is 1. The second-order valence-electron chi connectivity index (χ2n) is 5.83. The molecule has 0 N–H and O–H groups in total. The molecule has 3 aromatic rings. The van der Waals surface area contributed by atoms with Crippen molar-refractivity contribution in [1.29, 1.82) is 0 Å². The third-order valence-corrected chi connectivity index (χ3v) is 5.79. The van der Waals surface area contributed by atoms with E-state index < -0.39 is 5.82 Å². The minimum absolute atomic E-state index is 0.0119. The van der Waals surface area contributed by atoms with Gasteiger partial charge in [0.2, 0.25) is 0 Å². The van der Waals surface area contributed by atoms with E-state index in [4.69, 9.17) is 39.8 Å². The monoisotopic (exact) mass is 449 g/mol. The van der Waals surface area contributed by atoms with Crippen LogP contribution >= 0.6 is 47.2 Å². The maximum absolute atomic E-state index is 13.3. The molecule has 1 aliphatic rings. The van der Waals surface area contributed by atoms with Gasteiger partial charge in [-0.3, -0.25) is 9.69 Å². The predicted molar refractivity (Wildman–Crippen MR) is 116 cm³/mol. The molecule has 2 heterocycles. The van der Waals surface area contributed by atoms with Crippen LogP contribution in [0.4, 0.5) is 10.1 Å². The number of benzene rings is 2. The molecule has 3 nitrogen and oxygen atoms in total. The summed E-state index contributed by atoms with van der Waals surface area (Å²) in [5.41, 5.74) is 1.25. The molecular weight excluding hydrogens is 440 g/mol. The van der Waals surface area contributed by atoms with E-state index in [9.17, 15) is 9.18 Å². The molecule has 2 aromatic carbocycles. The number of thioether (sulfide) groups is 1. The highest BCUT2D eigenvalue weighted by Gasteiger charge is 2.33. The molecule has 1 fully saturated rings. The standard InChI is InChI=1S/C20H10Cl2FNO2S2/c21-12-2-1-3-13(9-12)24-19(25)18(28-20(24)27)10-14-5-7-17(26-14)11-4-6-16(23)15(22)8-11/h1-10H/b18-10+. The molecule has 1 aromatic heterocycles. The minimum atomic E-state index is -0.498. The van der Waals surface area contributed by atoms with E-state index >= 15 is 0 Å². The van der Waals surface area contributed by atoms with Crippen molar-refractivity contribution in [3.8, 4) is 11.3 Å². The summed E-state index contributed by atoms with van der Waals surface area (Å²) in [7, 11) is 0. The van der Waals surface area contributed by atoms with E-state index in [1.165, 1.54) is 28.8 Å². The zero-order valence-corrected chi connectivity index (χ0v) is 17.1. The normalized spacial score (nSPS) is 15.7. The van der Waals surface area contributed by atoms with Crippen LogP contribution in [0, 0.1) is 5.82 Å². The quantitative estimate of drug-likeness (QED) is 0.325. The molecule has 1 saturated heterocycles. The molecule has 0 radical (unpaired) electrons. The fourth-order valence-electron chi connectivity index (χ4n) is 2.67. The zero-order valence-electron chi connectivity index (χ0n) is 14.0. The van der Waals surface area contributed by atoms with Crippen molar-refractivity contribution in [3.63, 3.8) is 0 Å². The number of hydrogen-bond donors (Lipinski definition) is 0. The Kier molecular flexibility index (Phi) is 5.29. The Morgan fingerprint density at radius 2 is 1.93 bits per heavy atom. The van der Waals surface area contributed by atoms with E-state index in [2.05, 4.69) is 0 Å². The van der Waals surface area contributed by atoms with Gasteiger partial charge >= 0.3 is 0 Å². The number of amides is 1. The number of anilines is 1. The molecule has 1 amide bonds. The Labute approximate surface area is 179 Å². The number of furan rings is 1. The number of thiocarbonyl (C=S) groups is 1. The third-order valence-electron chi connectivity index (χ3n) is 3.96. The summed E-state index contributed by atoms with van der Waals surface area (Å²) in [6, 6.07) is 14.7. The van der Waals surface area contributed by atoms with Crippen molar-refractivity contribution in [2.24, 2.45) is 0 Å². The largest absolute Gasteiger partial charge is 0.457 e. The highest BCUT2D eigenvalue weighted by molar-refractivity contribution is 8.27. The summed E-state index contributed by atoms with van der Waals surface area (Å²) in [4.78, 5) is 14.7. The van der Waals surface area contributed by atoms with Crippen molar-refractivity contribution < 1.29 is 13.6 Å². The van der Waals surface area contributed by atoms with Gasteiger partial charge < -0.3 is 4.42 Å². The molecule has 28 heavy (non-hydrogen) atoms.